The van der Waals surface area contributed by atoms with E-state index < -0.39 is 16.9 Å². The quantitative estimate of drug-likeness (QED) is 0.350. The van der Waals surface area contributed by atoms with Gasteiger partial charge in [-0.3, -0.25) is 19.3 Å². The zero-order valence-corrected chi connectivity index (χ0v) is 22.4. The van der Waals surface area contributed by atoms with Gasteiger partial charge >= 0.3 is 0 Å². The van der Waals surface area contributed by atoms with E-state index in [-0.39, 0.29) is 30.2 Å². The minimum absolute atomic E-state index is 0.187. The van der Waals surface area contributed by atoms with Crippen LogP contribution >= 0.6 is 0 Å². The summed E-state index contributed by atoms with van der Waals surface area (Å²) >= 11 is 0. The molecule has 4 aliphatic rings. The number of carbonyl (C=O) groups is 3. The molecule has 0 aliphatic carbocycles. The normalized spacial score (nSPS) is 27.8. The molecule has 2 N–H and O–H groups in total. The third kappa shape index (κ3) is 2.90. The number of carbonyl (C=O) groups excluding carboxylic acids is 3. The Kier molecular flexibility index (Phi) is 5.51. The van der Waals surface area contributed by atoms with Gasteiger partial charge in [-0.2, -0.15) is 0 Å². The number of benzene rings is 3. The maximum Gasteiger partial charge on any atom is 0.251 e. The van der Waals surface area contributed by atoms with E-state index >= 15 is 0 Å². The number of hydrogen-bond donors (Lipinski definition) is 2. The van der Waals surface area contributed by atoms with Gasteiger partial charge < -0.3 is 15.4 Å². The topological polar surface area (TPSA) is 87.7 Å². The molecule has 202 valence electrons. The highest BCUT2D eigenvalue weighted by molar-refractivity contribution is 6.21. The van der Waals surface area contributed by atoms with Crippen LogP contribution in [0.1, 0.15) is 46.8 Å². The average Bonchev–Trinajstić information content (AvgIpc) is 3.70. The van der Waals surface area contributed by atoms with Crippen molar-refractivity contribution in [2.24, 2.45) is 5.92 Å². The van der Waals surface area contributed by atoms with E-state index in [0.29, 0.717) is 41.2 Å². The highest BCUT2D eigenvalue weighted by Gasteiger charge is 2.81. The van der Waals surface area contributed by atoms with Crippen molar-refractivity contribution in [3.63, 3.8) is 0 Å². The number of anilines is 2. The Bertz CT molecular complexity index is 1600. The fraction of sp³-hybridized carbons (Fsp3) is 0.303. The SMILES string of the molecule is C=CCOc1ccccc1C(=O)[C@@H]1[C@@H]2CCCN2[C@]2(C(=O)Nc3ccc(CC)cc32)[C@@]12C(=O)Nc1ccccc12. The van der Waals surface area contributed by atoms with E-state index in [9.17, 15) is 14.4 Å². The Labute approximate surface area is 233 Å². The molecule has 2 saturated heterocycles. The number of rotatable bonds is 6. The number of hydrogen-bond acceptors (Lipinski definition) is 5. The molecule has 3 aromatic carbocycles. The van der Waals surface area contributed by atoms with E-state index in [0.717, 1.165) is 24.0 Å². The predicted octanol–water partition coefficient (Wildman–Crippen LogP) is 4.83. The molecule has 4 atom stereocenters. The van der Waals surface area contributed by atoms with Crippen LogP contribution in [0.4, 0.5) is 11.4 Å². The summed E-state index contributed by atoms with van der Waals surface area (Å²) in [6.45, 7) is 6.68. The van der Waals surface area contributed by atoms with Crippen LogP contribution in [0.25, 0.3) is 0 Å². The van der Waals surface area contributed by atoms with Crippen LogP contribution in [-0.4, -0.2) is 41.7 Å². The van der Waals surface area contributed by atoms with Crippen LogP contribution in [0.5, 0.6) is 5.75 Å². The first kappa shape index (κ1) is 24.8. The Balaban J connectivity index is 1.55. The largest absolute Gasteiger partial charge is 0.489 e. The number of fused-ring (bicyclic) bond motifs is 7. The molecule has 0 unspecified atom stereocenters. The molecule has 2 fully saturated rings. The molecule has 0 aromatic heterocycles. The van der Waals surface area contributed by atoms with Gasteiger partial charge in [0.25, 0.3) is 5.91 Å². The summed E-state index contributed by atoms with van der Waals surface area (Å²) in [6.07, 6.45) is 3.96. The second-order valence-corrected chi connectivity index (χ2v) is 11.0. The van der Waals surface area contributed by atoms with Crippen LogP contribution < -0.4 is 15.4 Å². The Hall–Kier alpha value is -4.23. The van der Waals surface area contributed by atoms with Crippen molar-refractivity contribution in [3.05, 3.63) is 102 Å². The molecule has 7 rings (SSSR count). The van der Waals surface area contributed by atoms with Gasteiger partial charge in [0.05, 0.1) is 11.5 Å². The lowest BCUT2D eigenvalue weighted by Gasteiger charge is -2.43. The monoisotopic (exact) mass is 533 g/mol. The molecular formula is C33H31N3O4. The van der Waals surface area contributed by atoms with E-state index in [4.69, 9.17) is 4.74 Å². The number of nitrogens with one attached hydrogen (secondary N) is 2. The standard InChI is InChI=1S/C33H31N3O4/c1-3-18-40-27-14-8-5-10-21(27)29(37)28-26-13-9-17-36(26)33(23-19-20(4-2)15-16-25(23)35-31(33)39)32(28)22-11-6-7-12-24(22)34-30(32)38/h3,5-8,10-12,14-16,19,26,28H,1,4,9,13,17-18H2,2H3,(H,34,38)(H,35,39)/t26-,28-,32+,33+/m0/s1. The van der Waals surface area contributed by atoms with Gasteiger partial charge in [0.15, 0.2) is 5.78 Å². The molecule has 7 heteroatoms. The fourth-order valence-electron chi connectivity index (χ4n) is 7.96. The Morgan fingerprint density at radius 2 is 1.77 bits per heavy atom. The van der Waals surface area contributed by atoms with Crippen LogP contribution in [0.3, 0.4) is 0 Å². The lowest BCUT2D eigenvalue weighted by molar-refractivity contribution is -0.137. The van der Waals surface area contributed by atoms with Gasteiger partial charge in [-0.1, -0.05) is 62.0 Å². The zero-order chi connectivity index (χ0) is 27.6. The molecule has 4 heterocycles. The van der Waals surface area contributed by atoms with Crippen molar-refractivity contribution >= 4 is 29.0 Å². The van der Waals surface area contributed by atoms with Crippen molar-refractivity contribution in [2.45, 2.75) is 43.2 Å². The molecule has 0 radical (unpaired) electrons. The third-order valence-electron chi connectivity index (χ3n) is 9.36. The molecular weight excluding hydrogens is 502 g/mol. The first-order valence-corrected chi connectivity index (χ1v) is 14.0. The number of para-hydroxylation sites is 2. The van der Waals surface area contributed by atoms with Crippen LogP contribution in [-0.2, 0) is 27.0 Å². The first-order valence-electron chi connectivity index (χ1n) is 14.0. The zero-order valence-electron chi connectivity index (χ0n) is 22.4. The molecule has 2 amide bonds. The molecule has 0 saturated carbocycles. The predicted molar refractivity (Wildman–Crippen MR) is 153 cm³/mol. The molecule has 3 aromatic rings. The summed E-state index contributed by atoms with van der Waals surface area (Å²) in [5.41, 5.74) is 1.47. The summed E-state index contributed by atoms with van der Waals surface area (Å²) in [4.78, 5) is 46.3. The summed E-state index contributed by atoms with van der Waals surface area (Å²) in [6, 6.07) is 20.4. The lowest BCUT2D eigenvalue weighted by Crippen LogP contribution is -2.62. The van der Waals surface area contributed by atoms with E-state index in [1.165, 1.54) is 0 Å². The number of ketones is 1. The molecule has 2 spiro atoms. The molecule has 0 bridgehead atoms. The summed E-state index contributed by atoms with van der Waals surface area (Å²) < 4.78 is 5.92. The van der Waals surface area contributed by atoms with Crippen molar-refractivity contribution in [2.75, 3.05) is 23.8 Å². The van der Waals surface area contributed by atoms with Gasteiger partial charge in [0.2, 0.25) is 5.91 Å². The smallest absolute Gasteiger partial charge is 0.251 e. The van der Waals surface area contributed by atoms with Gasteiger partial charge in [0.1, 0.15) is 23.3 Å². The number of ether oxygens (including phenoxy) is 1. The van der Waals surface area contributed by atoms with Crippen molar-refractivity contribution in [1.29, 1.82) is 0 Å². The number of amides is 2. The Morgan fingerprint density at radius 3 is 2.60 bits per heavy atom. The third-order valence-corrected chi connectivity index (χ3v) is 9.36. The number of aryl methyl sites for hydroxylation is 1. The van der Waals surface area contributed by atoms with Gasteiger partial charge in [-0.25, -0.2) is 0 Å². The number of Topliss-reactive ketones (excluding diaryl/α,β-unsaturated/α-hetero) is 1. The van der Waals surface area contributed by atoms with Crippen molar-refractivity contribution in [3.8, 4) is 5.75 Å². The van der Waals surface area contributed by atoms with Crippen molar-refractivity contribution < 1.29 is 19.1 Å². The highest BCUT2D eigenvalue weighted by atomic mass is 16.5. The molecule has 4 aliphatic heterocycles. The highest BCUT2D eigenvalue weighted by Crippen LogP contribution is 2.68. The minimum Gasteiger partial charge on any atom is -0.489 e. The van der Waals surface area contributed by atoms with E-state index in [1.807, 2.05) is 48.5 Å². The van der Waals surface area contributed by atoms with Gasteiger partial charge in [-0.15, -0.1) is 0 Å². The molecule has 7 nitrogen and oxygen atoms in total. The van der Waals surface area contributed by atoms with Gasteiger partial charge in [-0.05, 0) is 61.2 Å². The summed E-state index contributed by atoms with van der Waals surface area (Å²) in [5.74, 6) is -1.11. The van der Waals surface area contributed by atoms with Crippen LogP contribution in [0, 0.1) is 5.92 Å². The van der Waals surface area contributed by atoms with E-state index in [2.05, 4.69) is 35.1 Å². The van der Waals surface area contributed by atoms with Crippen LogP contribution in [0.15, 0.2) is 79.4 Å². The van der Waals surface area contributed by atoms with Crippen molar-refractivity contribution in [1.82, 2.24) is 4.90 Å². The molecule has 40 heavy (non-hydrogen) atoms. The van der Waals surface area contributed by atoms with Crippen LogP contribution in [0.2, 0.25) is 0 Å². The van der Waals surface area contributed by atoms with E-state index in [1.54, 1.807) is 18.2 Å². The first-order chi connectivity index (χ1) is 19.5. The Morgan fingerprint density at radius 1 is 1.02 bits per heavy atom. The summed E-state index contributed by atoms with van der Waals surface area (Å²) in [5, 5.41) is 6.22. The van der Waals surface area contributed by atoms with Gasteiger partial charge in [0, 0.05) is 23.0 Å². The second kappa shape index (κ2) is 8.89. The second-order valence-electron chi connectivity index (χ2n) is 11.0. The maximum atomic E-state index is 14.9. The minimum atomic E-state index is -1.47. The average molecular weight is 534 g/mol. The lowest BCUT2D eigenvalue weighted by atomic mass is 9.57. The fourth-order valence-corrected chi connectivity index (χ4v) is 7.96. The summed E-state index contributed by atoms with van der Waals surface area (Å²) in [7, 11) is 0. The number of nitrogens with zero attached hydrogens (tertiary/aromatic N) is 1. The maximum absolute atomic E-state index is 14.9.